The van der Waals surface area contributed by atoms with E-state index in [2.05, 4.69) is 5.32 Å². The van der Waals surface area contributed by atoms with Crippen LogP contribution in [0.4, 0.5) is 0 Å². The highest BCUT2D eigenvalue weighted by atomic mass is 16.5. The second-order valence-electron chi connectivity index (χ2n) is 4.79. The van der Waals surface area contributed by atoms with Gasteiger partial charge in [-0.2, -0.15) is 0 Å². The number of hydrogen-bond acceptors (Lipinski definition) is 3. The minimum atomic E-state index is -0.171. The molecule has 0 fully saturated rings. The van der Waals surface area contributed by atoms with Crippen LogP contribution in [0.2, 0.25) is 0 Å². The Kier molecular flexibility index (Phi) is 4.45. The molecule has 1 heterocycles. The Hall–Kier alpha value is -2.23. The predicted molar refractivity (Wildman–Crippen MR) is 76.7 cm³/mol. The minimum Gasteiger partial charge on any atom is -0.484 e. The average Bonchev–Trinajstić information content (AvgIpc) is 2.84. The predicted octanol–water partition coefficient (Wildman–Crippen LogP) is 3.15. The molecule has 0 aliphatic rings. The molecule has 0 aliphatic carbocycles. The van der Waals surface area contributed by atoms with Gasteiger partial charge in [-0.15, -0.1) is 0 Å². The minimum absolute atomic E-state index is 0.00508. The van der Waals surface area contributed by atoms with Crippen molar-refractivity contribution in [3.63, 3.8) is 0 Å². The third-order valence-electron chi connectivity index (χ3n) is 3.02. The maximum absolute atomic E-state index is 11.8. The average molecular weight is 273 g/mol. The number of carbonyl (C=O) groups is 1. The van der Waals surface area contributed by atoms with Crippen molar-refractivity contribution >= 4 is 5.91 Å². The molecule has 2 rings (SSSR count). The number of carbonyl (C=O) groups excluding carboxylic acids is 1. The van der Waals surface area contributed by atoms with E-state index in [-0.39, 0.29) is 18.6 Å². The summed E-state index contributed by atoms with van der Waals surface area (Å²) >= 11 is 0. The summed E-state index contributed by atoms with van der Waals surface area (Å²) in [6, 6.07) is 11.2. The standard InChI is InChI=1S/C16H19NO3/c1-11-6-4-5-7-14(11)19-10-16(18)17-13(3)15-9-8-12(2)20-15/h4-9,13H,10H2,1-3H3,(H,17,18). The normalized spacial score (nSPS) is 11.9. The molecular weight excluding hydrogens is 254 g/mol. The molecule has 1 aromatic heterocycles. The molecule has 0 saturated carbocycles. The van der Waals surface area contributed by atoms with Crippen molar-refractivity contribution in [2.75, 3.05) is 6.61 Å². The summed E-state index contributed by atoms with van der Waals surface area (Å²) < 4.78 is 11.0. The van der Waals surface area contributed by atoms with Crippen molar-refractivity contribution in [2.24, 2.45) is 0 Å². The van der Waals surface area contributed by atoms with Crippen LogP contribution >= 0.6 is 0 Å². The molecule has 0 radical (unpaired) electrons. The van der Waals surface area contributed by atoms with Crippen LogP contribution in [0, 0.1) is 13.8 Å². The lowest BCUT2D eigenvalue weighted by Crippen LogP contribution is -2.31. The van der Waals surface area contributed by atoms with E-state index in [0.717, 1.165) is 22.8 Å². The number of para-hydroxylation sites is 1. The topological polar surface area (TPSA) is 51.5 Å². The number of furan rings is 1. The van der Waals surface area contributed by atoms with Crippen molar-refractivity contribution in [2.45, 2.75) is 26.8 Å². The molecule has 1 aromatic carbocycles. The van der Waals surface area contributed by atoms with Crippen LogP contribution in [-0.2, 0) is 4.79 Å². The number of amides is 1. The molecule has 0 bridgehead atoms. The molecule has 4 nitrogen and oxygen atoms in total. The van der Waals surface area contributed by atoms with Gasteiger partial charge in [0.25, 0.3) is 5.91 Å². The Labute approximate surface area is 118 Å². The number of ether oxygens (including phenoxy) is 1. The van der Waals surface area contributed by atoms with E-state index < -0.39 is 0 Å². The molecule has 1 N–H and O–H groups in total. The van der Waals surface area contributed by atoms with E-state index in [9.17, 15) is 4.79 Å². The number of aryl methyl sites for hydroxylation is 2. The summed E-state index contributed by atoms with van der Waals surface area (Å²) in [6.45, 7) is 5.69. The zero-order valence-electron chi connectivity index (χ0n) is 12.0. The van der Waals surface area contributed by atoms with Gasteiger partial charge in [-0.3, -0.25) is 4.79 Å². The lowest BCUT2D eigenvalue weighted by atomic mass is 10.2. The number of rotatable bonds is 5. The Morgan fingerprint density at radius 2 is 2.00 bits per heavy atom. The molecule has 2 aromatic rings. The molecule has 1 atom stereocenters. The van der Waals surface area contributed by atoms with Gasteiger partial charge in [-0.05, 0) is 44.5 Å². The van der Waals surface area contributed by atoms with Gasteiger partial charge in [0.05, 0.1) is 6.04 Å². The first-order valence-electron chi connectivity index (χ1n) is 6.60. The third kappa shape index (κ3) is 3.63. The van der Waals surface area contributed by atoms with E-state index in [1.165, 1.54) is 0 Å². The summed E-state index contributed by atoms with van der Waals surface area (Å²) in [6.07, 6.45) is 0. The van der Waals surface area contributed by atoms with Crippen LogP contribution in [-0.4, -0.2) is 12.5 Å². The first-order valence-corrected chi connectivity index (χ1v) is 6.60. The molecule has 0 saturated heterocycles. The summed E-state index contributed by atoms with van der Waals surface area (Å²) in [5, 5.41) is 2.84. The highest BCUT2D eigenvalue weighted by molar-refractivity contribution is 5.77. The second kappa shape index (κ2) is 6.28. The van der Waals surface area contributed by atoms with Crippen molar-refractivity contribution in [3.05, 3.63) is 53.5 Å². The number of hydrogen-bond donors (Lipinski definition) is 1. The molecule has 20 heavy (non-hydrogen) atoms. The Morgan fingerprint density at radius 3 is 2.65 bits per heavy atom. The van der Waals surface area contributed by atoms with Gasteiger partial charge in [0.15, 0.2) is 6.61 Å². The molecule has 1 unspecified atom stereocenters. The zero-order chi connectivity index (χ0) is 14.5. The van der Waals surface area contributed by atoms with Crippen LogP contribution in [0.3, 0.4) is 0 Å². The Balaban J connectivity index is 1.85. The van der Waals surface area contributed by atoms with E-state index in [1.54, 1.807) is 0 Å². The van der Waals surface area contributed by atoms with Gasteiger partial charge >= 0.3 is 0 Å². The smallest absolute Gasteiger partial charge is 0.258 e. The van der Waals surface area contributed by atoms with E-state index in [0.29, 0.717) is 0 Å². The lowest BCUT2D eigenvalue weighted by molar-refractivity contribution is -0.123. The zero-order valence-corrected chi connectivity index (χ0v) is 12.0. The second-order valence-corrected chi connectivity index (χ2v) is 4.79. The lowest BCUT2D eigenvalue weighted by Gasteiger charge is -2.13. The van der Waals surface area contributed by atoms with Gasteiger partial charge in [-0.1, -0.05) is 18.2 Å². The Bertz CT molecular complexity index is 589. The summed E-state index contributed by atoms with van der Waals surface area (Å²) in [5.74, 6) is 2.13. The van der Waals surface area contributed by atoms with Gasteiger partial charge in [0, 0.05) is 0 Å². The molecular formula is C16H19NO3. The van der Waals surface area contributed by atoms with Crippen molar-refractivity contribution in [3.8, 4) is 5.75 Å². The van der Waals surface area contributed by atoms with Crippen molar-refractivity contribution in [1.29, 1.82) is 0 Å². The van der Waals surface area contributed by atoms with Crippen LogP contribution in [0.1, 0.15) is 30.0 Å². The summed E-state index contributed by atoms with van der Waals surface area (Å²) in [4.78, 5) is 11.8. The van der Waals surface area contributed by atoms with Crippen LogP contribution < -0.4 is 10.1 Å². The highest BCUT2D eigenvalue weighted by Gasteiger charge is 2.13. The van der Waals surface area contributed by atoms with Crippen molar-refractivity contribution in [1.82, 2.24) is 5.32 Å². The largest absolute Gasteiger partial charge is 0.484 e. The fourth-order valence-corrected chi connectivity index (χ4v) is 1.90. The van der Waals surface area contributed by atoms with E-state index in [4.69, 9.17) is 9.15 Å². The first kappa shape index (κ1) is 14.2. The monoisotopic (exact) mass is 273 g/mol. The maximum atomic E-state index is 11.8. The van der Waals surface area contributed by atoms with E-state index >= 15 is 0 Å². The van der Waals surface area contributed by atoms with Crippen LogP contribution in [0.15, 0.2) is 40.8 Å². The molecule has 4 heteroatoms. The highest BCUT2D eigenvalue weighted by Crippen LogP contribution is 2.17. The van der Waals surface area contributed by atoms with Crippen LogP contribution in [0.5, 0.6) is 5.75 Å². The van der Waals surface area contributed by atoms with Crippen LogP contribution in [0.25, 0.3) is 0 Å². The molecule has 0 aliphatic heterocycles. The van der Waals surface area contributed by atoms with Gasteiger partial charge in [0.1, 0.15) is 17.3 Å². The molecule has 1 amide bonds. The maximum Gasteiger partial charge on any atom is 0.258 e. The quantitative estimate of drug-likeness (QED) is 0.910. The number of nitrogens with one attached hydrogen (secondary N) is 1. The fraction of sp³-hybridized carbons (Fsp3) is 0.312. The number of benzene rings is 1. The summed E-state index contributed by atoms with van der Waals surface area (Å²) in [5.41, 5.74) is 1.01. The SMILES string of the molecule is Cc1ccc(C(C)NC(=O)COc2ccccc2C)o1. The van der Waals surface area contributed by atoms with Gasteiger partial charge in [0.2, 0.25) is 0 Å². The van der Waals surface area contributed by atoms with E-state index in [1.807, 2.05) is 57.2 Å². The first-order chi connectivity index (χ1) is 9.56. The van der Waals surface area contributed by atoms with Gasteiger partial charge < -0.3 is 14.5 Å². The summed E-state index contributed by atoms with van der Waals surface area (Å²) in [7, 11) is 0. The molecule has 0 spiro atoms. The van der Waals surface area contributed by atoms with Crippen molar-refractivity contribution < 1.29 is 13.9 Å². The third-order valence-corrected chi connectivity index (χ3v) is 3.02. The molecule has 106 valence electrons. The van der Waals surface area contributed by atoms with Gasteiger partial charge in [-0.25, -0.2) is 0 Å². The fourth-order valence-electron chi connectivity index (χ4n) is 1.90. The Morgan fingerprint density at radius 1 is 1.25 bits per heavy atom.